The SMILES string of the molecule is C=CCn1c(SCc2ccc(C)cc2)nnc1C(C)Oc1ccc(C)cc1. The Balaban J connectivity index is 1.74. The minimum absolute atomic E-state index is 0.200. The quantitative estimate of drug-likeness (QED) is 0.382. The maximum absolute atomic E-state index is 6.06. The Morgan fingerprint density at radius 1 is 1.04 bits per heavy atom. The largest absolute Gasteiger partial charge is 0.483 e. The second kappa shape index (κ2) is 8.91. The van der Waals surface area contributed by atoms with Crippen molar-refractivity contribution in [2.24, 2.45) is 0 Å². The monoisotopic (exact) mass is 379 g/mol. The number of allylic oxidation sites excluding steroid dienone is 1. The van der Waals surface area contributed by atoms with E-state index in [4.69, 9.17) is 4.74 Å². The van der Waals surface area contributed by atoms with E-state index in [2.05, 4.69) is 59.5 Å². The minimum Gasteiger partial charge on any atom is -0.483 e. The second-order valence-electron chi connectivity index (χ2n) is 6.59. The highest BCUT2D eigenvalue weighted by Gasteiger charge is 2.19. The lowest BCUT2D eigenvalue weighted by Crippen LogP contribution is -2.12. The first-order valence-electron chi connectivity index (χ1n) is 9.02. The van der Waals surface area contributed by atoms with Gasteiger partial charge in [-0.3, -0.25) is 4.57 Å². The van der Waals surface area contributed by atoms with Crippen LogP contribution in [0.25, 0.3) is 0 Å². The molecule has 0 N–H and O–H groups in total. The van der Waals surface area contributed by atoms with Gasteiger partial charge >= 0.3 is 0 Å². The Labute approximate surface area is 165 Å². The average molecular weight is 380 g/mol. The van der Waals surface area contributed by atoms with Crippen LogP contribution in [0.2, 0.25) is 0 Å². The number of hydrogen-bond acceptors (Lipinski definition) is 4. The molecular weight excluding hydrogens is 354 g/mol. The van der Waals surface area contributed by atoms with Crippen LogP contribution in [-0.4, -0.2) is 14.8 Å². The van der Waals surface area contributed by atoms with E-state index < -0.39 is 0 Å². The molecule has 5 heteroatoms. The lowest BCUT2D eigenvalue weighted by atomic mass is 10.2. The number of ether oxygens (including phenoxy) is 1. The molecule has 1 heterocycles. The van der Waals surface area contributed by atoms with Gasteiger partial charge in [0.25, 0.3) is 0 Å². The molecule has 1 aromatic heterocycles. The molecule has 0 aliphatic carbocycles. The first kappa shape index (κ1) is 19.2. The summed E-state index contributed by atoms with van der Waals surface area (Å²) < 4.78 is 8.14. The highest BCUT2D eigenvalue weighted by atomic mass is 32.2. The second-order valence-corrected chi connectivity index (χ2v) is 7.53. The number of rotatable bonds is 8. The summed E-state index contributed by atoms with van der Waals surface area (Å²) in [6.45, 7) is 10.7. The molecule has 2 aromatic carbocycles. The van der Waals surface area contributed by atoms with Crippen molar-refractivity contribution >= 4 is 11.8 Å². The fourth-order valence-corrected chi connectivity index (χ4v) is 3.62. The van der Waals surface area contributed by atoms with Gasteiger partial charge in [0.05, 0.1) is 0 Å². The normalized spacial score (nSPS) is 12.0. The van der Waals surface area contributed by atoms with E-state index in [1.165, 1.54) is 16.7 Å². The predicted octanol–water partition coefficient (Wildman–Crippen LogP) is 5.51. The molecule has 0 aliphatic rings. The Morgan fingerprint density at radius 2 is 1.67 bits per heavy atom. The van der Waals surface area contributed by atoms with Crippen LogP contribution in [0.4, 0.5) is 0 Å². The molecule has 4 nitrogen and oxygen atoms in total. The molecule has 1 atom stereocenters. The van der Waals surface area contributed by atoms with Crippen LogP contribution in [0.5, 0.6) is 5.75 Å². The van der Waals surface area contributed by atoms with E-state index in [0.29, 0.717) is 6.54 Å². The van der Waals surface area contributed by atoms with Gasteiger partial charge in [0.2, 0.25) is 0 Å². The number of hydrogen-bond donors (Lipinski definition) is 0. The van der Waals surface area contributed by atoms with Crippen LogP contribution in [0.1, 0.15) is 35.5 Å². The molecule has 140 valence electrons. The van der Waals surface area contributed by atoms with Crippen LogP contribution < -0.4 is 4.74 Å². The van der Waals surface area contributed by atoms with Gasteiger partial charge in [0.15, 0.2) is 17.1 Å². The fourth-order valence-electron chi connectivity index (χ4n) is 2.71. The number of aryl methyl sites for hydroxylation is 2. The summed E-state index contributed by atoms with van der Waals surface area (Å²) in [7, 11) is 0. The zero-order valence-corrected chi connectivity index (χ0v) is 16.9. The van der Waals surface area contributed by atoms with E-state index in [1.54, 1.807) is 11.8 Å². The number of nitrogens with zero attached hydrogens (tertiary/aromatic N) is 3. The van der Waals surface area contributed by atoms with Crippen LogP contribution in [-0.2, 0) is 12.3 Å². The number of aromatic nitrogens is 3. The molecule has 3 rings (SSSR count). The summed E-state index contributed by atoms with van der Waals surface area (Å²) in [6, 6.07) is 16.6. The molecule has 0 saturated carbocycles. The van der Waals surface area contributed by atoms with Crippen molar-refractivity contribution in [3.63, 3.8) is 0 Å². The standard InChI is InChI=1S/C22H25N3OS/c1-5-14-25-21(18(4)26-20-12-8-17(3)9-13-20)23-24-22(25)27-15-19-10-6-16(2)7-11-19/h5-13,18H,1,14-15H2,2-4H3. The van der Waals surface area contributed by atoms with Gasteiger partial charge in [-0.15, -0.1) is 16.8 Å². The van der Waals surface area contributed by atoms with E-state index in [-0.39, 0.29) is 6.10 Å². The lowest BCUT2D eigenvalue weighted by Gasteiger charge is -2.16. The maximum atomic E-state index is 6.06. The van der Waals surface area contributed by atoms with Crippen LogP contribution >= 0.6 is 11.8 Å². The van der Waals surface area contributed by atoms with E-state index in [0.717, 1.165) is 22.5 Å². The zero-order valence-electron chi connectivity index (χ0n) is 16.1. The Morgan fingerprint density at radius 3 is 2.30 bits per heavy atom. The molecule has 0 spiro atoms. The van der Waals surface area contributed by atoms with Crippen LogP contribution in [0.15, 0.2) is 66.3 Å². The van der Waals surface area contributed by atoms with Gasteiger partial charge in [-0.05, 0) is 38.5 Å². The Bertz CT molecular complexity index is 885. The molecule has 0 bridgehead atoms. The molecule has 0 radical (unpaired) electrons. The van der Waals surface area contributed by atoms with Crippen molar-refractivity contribution in [3.8, 4) is 5.75 Å². The van der Waals surface area contributed by atoms with Gasteiger partial charge in [0, 0.05) is 12.3 Å². The summed E-state index contributed by atoms with van der Waals surface area (Å²) >= 11 is 1.68. The smallest absolute Gasteiger partial charge is 0.191 e. The van der Waals surface area contributed by atoms with Crippen LogP contribution in [0.3, 0.4) is 0 Å². The Kier molecular flexibility index (Phi) is 6.35. The van der Waals surface area contributed by atoms with Crippen molar-refractivity contribution < 1.29 is 4.74 Å². The maximum Gasteiger partial charge on any atom is 0.191 e. The van der Waals surface area contributed by atoms with Gasteiger partial charge in [0.1, 0.15) is 5.75 Å². The highest BCUT2D eigenvalue weighted by Crippen LogP contribution is 2.27. The average Bonchev–Trinajstić information content (AvgIpc) is 3.06. The molecular formula is C22H25N3OS. The molecule has 1 unspecified atom stereocenters. The fraction of sp³-hybridized carbons (Fsp3) is 0.273. The lowest BCUT2D eigenvalue weighted by molar-refractivity contribution is 0.210. The van der Waals surface area contributed by atoms with Crippen molar-refractivity contribution in [1.29, 1.82) is 0 Å². The zero-order chi connectivity index (χ0) is 19.2. The summed E-state index contributed by atoms with van der Waals surface area (Å²) in [4.78, 5) is 0. The first-order chi connectivity index (χ1) is 13.1. The van der Waals surface area contributed by atoms with Gasteiger partial charge in [-0.25, -0.2) is 0 Å². The van der Waals surface area contributed by atoms with Crippen molar-refractivity contribution in [2.45, 2.75) is 44.3 Å². The van der Waals surface area contributed by atoms with Gasteiger partial charge < -0.3 is 4.74 Å². The summed E-state index contributed by atoms with van der Waals surface area (Å²) in [5.41, 5.74) is 3.74. The highest BCUT2D eigenvalue weighted by molar-refractivity contribution is 7.98. The van der Waals surface area contributed by atoms with Gasteiger partial charge in [-0.2, -0.15) is 0 Å². The molecule has 0 saturated heterocycles. The minimum atomic E-state index is -0.200. The molecule has 0 amide bonds. The molecule has 0 aliphatic heterocycles. The predicted molar refractivity (Wildman–Crippen MR) is 111 cm³/mol. The van der Waals surface area contributed by atoms with Crippen molar-refractivity contribution in [2.75, 3.05) is 0 Å². The third-order valence-corrected chi connectivity index (χ3v) is 5.28. The van der Waals surface area contributed by atoms with Crippen LogP contribution in [0, 0.1) is 13.8 Å². The first-order valence-corrected chi connectivity index (χ1v) is 10.0. The van der Waals surface area contributed by atoms with E-state index >= 15 is 0 Å². The molecule has 0 fully saturated rings. The summed E-state index contributed by atoms with van der Waals surface area (Å²) in [5, 5.41) is 9.67. The third-order valence-electron chi connectivity index (χ3n) is 4.24. The summed E-state index contributed by atoms with van der Waals surface area (Å²) in [6.07, 6.45) is 1.66. The number of thioether (sulfide) groups is 1. The Hall–Kier alpha value is -2.53. The van der Waals surface area contributed by atoms with Gasteiger partial charge in [-0.1, -0.05) is 65.4 Å². The van der Waals surface area contributed by atoms with E-state index in [1.807, 2.05) is 37.3 Å². The topological polar surface area (TPSA) is 39.9 Å². The van der Waals surface area contributed by atoms with Crippen molar-refractivity contribution in [1.82, 2.24) is 14.8 Å². The summed E-state index contributed by atoms with van der Waals surface area (Å²) in [5.74, 6) is 2.49. The van der Waals surface area contributed by atoms with E-state index in [9.17, 15) is 0 Å². The third kappa shape index (κ3) is 5.01. The van der Waals surface area contributed by atoms with Crippen molar-refractivity contribution in [3.05, 3.63) is 83.7 Å². The molecule has 27 heavy (non-hydrogen) atoms. The molecule has 3 aromatic rings. The number of benzene rings is 2.